The van der Waals surface area contributed by atoms with Gasteiger partial charge in [-0.2, -0.15) is 0 Å². The quantitative estimate of drug-likeness (QED) is 0.726. The average molecular weight is 221 g/mol. The highest BCUT2D eigenvalue weighted by molar-refractivity contribution is 5.52. The topological polar surface area (TPSA) is 62.4 Å². The first kappa shape index (κ1) is 11.4. The van der Waals surface area contributed by atoms with Crippen molar-refractivity contribution in [3.63, 3.8) is 0 Å². The molecule has 16 heavy (non-hydrogen) atoms. The Morgan fingerprint density at radius 3 is 2.88 bits per heavy atom. The molecule has 1 saturated heterocycles. The van der Waals surface area contributed by atoms with Gasteiger partial charge in [-0.15, -0.1) is 0 Å². The zero-order chi connectivity index (χ0) is 11.7. The van der Waals surface area contributed by atoms with Gasteiger partial charge in [-0.25, -0.2) is 0 Å². The zero-order valence-corrected chi connectivity index (χ0v) is 9.80. The van der Waals surface area contributed by atoms with Gasteiger partial charge in [0.25, 0.3) is 0 Å². The lowest BCUT2D eigenvalue weighted by Gasteiger charge is -2.40. The first-order chi connectivity index (χ1) is 7.59. The lowest BCUT2D eigenvalue weighted by molar-refractivity contribution is 0.0785. The van der Waals surface area contributed by atoms with Crippen molar-refractivity contribution in [1.82, 2.24) is 4.98 Å². The minimum Gasteiger partial charge on any atom is -0.391 e. The second-order valence-electron chi connectivity index (χ2n) is 4.70. The molecule has 0 radical (unpaired) electrons. The number of anilines is 1. The molecule has 2 heterocycles. The Kier molecular flexibility index (Phi) is 3.12. The Labute approximate surface area is 96.1 Å². The summed E-state index contributed by atoms with van der Waals surface area (Å²) in [6.45, 7) is 5.63. The molecule has 3 unspecified atom stereocenters. The second-order valence-corrected chi connectivity index (χ2v) is 4.70. The summed E-state index contributed by atoms with van der Waals surface area (Å²) in [5.41, 5.74) is 8.26. The van der Waals surface area contributed by atoms with Crippen LogP contribution in [0.2, 0.25) is 0 Å². The third kappa shape index (κ3) is 2.03. The molecule has 0 aliphatic carbocycles. The molecule has 2 rings (SSSR count). The van der Waals surface area contributed by atoms with E-state index < -0.39 is 6.10 Å². The number of aliphatic hydroxyl groups excluding tert-OH is 1. The molecule has 3 atom stereocenters. The standard InChI is InChI=1S/C12H19N3O/c1-8-5-14-4-3-11(8)15-6-9(2)12(16)10(13)7-15/h3-5,9-10,12,16H,6-7,13H2,1-2H3. The maximum atomic E-state index is 9.82. The number of aliphatic hydroxyl groups is 1. The van der Waals surface area contributed by atoms with Gasteiger partial charge in [-0.05, 0) is 18.6 Å². The third-order valence-electron chi connectivity index (χ3n) is 3.29. The van der Waals surface area contributed by atoms with Crippen molar-refractivity contribution >= 4 is 5.69 Å². The smallest absolute Gasteiger partial charge is 0.0750 e. The predicted octanol–water partition coefficient (Wildman–Crippen LogP) is 0.534. The van der Waals surface area contributed by atoms with E-state index in [1.54, 1.807) is 6.20 Å². The van der Waals surface area contributed by atoms with Gasteiger partial charge >= 0.3 is 0 Å². The Balaban J connectivity index is 2.20. The van der Waals surface area contributed by atoms with E-state index in [4.69, 9.17) is 5.73 Å². The summed E-state index contributed by atoms with van der Waals surface area (Å²) >= 11 is 0. The van der Waals surface area contributed by atoms with E-state index in [2.05, 4.69) is 9.88 Å². The number of aryl methyl sites for hydroxylation is 1. The van der Waals surface area contributed by atoms with E-state index in [0.717, 1.165) is 12.1 Å². The maximum absolute atomic E-state index is 9.82. The summed E-state index contributed by atoms with van der Waals surface area (Å²) in [7, 11) is 0. The molecule has 3 N–H and O–H groups in total. The SMILES string of the molecule is Cc1cnccc1N1CC(C)C(O)C(N)C1. The van der Waals surface area contributed by atoms with Crippen LogP contribution in [0.3, 0.4) is 0 Å². The summed E-state index contributed by atoms with van der Waals surface area (Å²) in [5.74, 6) is 0.205. The van der Waals surface area contributed by atoms with Crippen LogP contribution in [-0.4, -0.2) is 35.3 Å². The molecule has 1 aliphatic heterocycles. The molecule has 0 spiro atoms. The lowest BCUT2D eigenvalue weighted by Crippen LogP contribution is -2.55. The van der Waals surface area contributed by atoms with Crippen LogP contribution in [0.4, 0.5) is 5.69 Å². The molecule has 1 fully saturated rings. The highest BCUT2D eigenvalue weighted by Gasteiger charge is 2.31. The van der Waals surface area contributed by atoms with Crippen molar-refractivity contribution in [3.05, 3.63) is 24.0 Å². The van der Waals surface area contributed by atoms with Crippen molar-refractivity contribution in [3.8, 4) is 0 Å². The Morgan fingerprint density at radius 2 is 2.25 bits per heavy atom. The van der Waals surface area contributed by atoms with Crippen LogP contribution in [0.5, 0.6) is 0 Å². The Hall–Kier alpha value is -1.13. The fourth-order valence-corrected chi connectivity index (χ4v) is 2.33. The van der Waals surface area contributed by atoms with Crippen LogP contribution in [0.15, 0.2) is 18.5 Å². The minimum absolute atomic E-state index is 0.170. The lowest BCUT2D eigenvalue weighted by atomic mass is 9.92. The molecule has 1 aliphatic rings. The van der Waals surface area contributed by atoms with E-state index in [1.165, 1.54) is 5.69 Å². The minimum atomic E-state index is -0.390. The molecule has 0 aromatic carbocycles. The highest BCUT2D eigenvalue weighted by Crippen LogP contribution is 2.24. The Morgan fingerprint density at radius 1 is 1.50 bits per heavy atom. The van der Waals surface area contributed by atoms with Gasteiger partial charge in [-0.1, -0.05) is 6.92 Å². The van der Waals surface area contributed by atoms with E-state index in [9.17, 15) is 5.11 Å². The maximum Gasteiger partial charge on any atom is 0.0750 e. The van der Waals surface area contributed by atoms with Crippen LogP contribution in [0.25, 0.3) is 0 Å². The van der Waals surface area contributed by atoms with E-state index in [1.807, 2.05) is 26.1 Å². The van der Waals surface area contributed by atoms with Crippen molar-refractivity contribution in [2.24, 2.45) is 11.7 Å². The highest BCUT2D eigenvalue weighted by atomic mass is 16.3. The van der Waals surface area contributed by atoms with Crippen LogP contribution in [0.1, 0.15) is 12.5 Å². The molecular weight excluding hydrogens is 202 g/mol. The molecule has 4 nitrogen and oxygen atoms in total. The molecule has 4 heteroatoms. The molecule has 1 aromatic rings. The predicted molar refractivity (Wildman–Crippen MR) is 64.3 cm³/mol. The van der Waals surface area contributed by atoms with Crippen molar-refractivity contribution in [2.75, 3.05) is 18.0 Å². The molecule has 0 amide bonds. The van der Waals surface area contributed by atoms with Gasteiger partial charge in [-0.3, -0.25) is 4.98 Å². The zero-order valence-electron chi connectivity index (χ0n) is 9.80. The van der Waals surface area contributed by atoms with Gasteiger partial charge in [0.15, 0.2) is 0 Å². The number of hydrogen-bond donors (Lipinski definition) is 2. The summed E-state index contributed by atoms with van der Waals surface area (Å²) < 4.78 is 0. The number of piperidine rings is 1. The fourth-order valence-electron chi connectivity index (χ4n) is 2.33. The van der Waals surface area contributed by atoms with E-state index >= 15 is 0 Å². The average Bonchev–Trinajstić information content (AvgIpc) is 2.26. The van der Waals surface area contributed by atoms with Gasteiger partial charge in [0.1, 0.15) is 0 Å². The summed E-state index contributed by atoms with van der Waals surface area (Å²) in [4.78, 5) is 6.32. The van der Waals surface area contributed by atoms with Gasteiger partial charge in [0, 0.05) is 43.1 Å². The second kappa shape index (κ2) is 4.39. The van der Waals surface area contributed by atoms with Gasteiger partial charge in [0.2, 0.25) is 0 Å². The summed E-state index contributed by atoms with van der Waals surface area (Å²) in [5, 5.41) is 9.82. The normalized spacial score (nSPS) is 30.5. The third-order valence-corrected chi connectivity index (χ3v) is 3.29. The summed E-state index contributed by atoms with van der Waals surface area (Å²) in [6, 6.07) is 1.84. The first-order valence-corrected chi connectivity index (χ1v) is 5.69. The molecule has 0 bridgehead atoms. The largest absolute Gasteiger partial charge is 0.391 e. The fraction of sp³-hybridized carbons (Fsp3) is 0.583. The number of nitrogens with two attached hydrogens (primary N) is 1. The first-order valence-electron chi connectivity index (χ1n) is 5.69. The Bertz CT molecular complexity index is 357. The van der Waals surface area contributed by atoms with E-state index in [-0.39, 0.29) is 12.0 Å². The van der Waals surface area contributed by atoms with Crippen LogP contribution in [0, 0.1) is 12.8 Å². The number of hydrogen-bond acceptors (Lipinski definition) is 4. The van der Waals surface area contributed by atoms with Crippen molar-refractivity contribution < 1.29 is 5.11 Å². The van der Waals surface area contributed by atoms with Crippen molar-refractivity contribution in [2.45, 2.75) is 26.0 Å². The van der Waals surface area contributed by atoms with Crippen LogP contribution < -0.4 is 10.6 Å². The number of pyridine rings is 1. The molecule has 0 saturated carbocycles. The number of rotatable bonds is 1. The van der Waals surface area contributed by atoms with Gasteiger partial charge < -0.3 is 15.7 Å². The van der Waals surface area contributed by atoms with E-state index in [0.29, 0.717) is 6.54 Å². The van der Waals surface area contributed by atoms with Crippen molar-refractivity contribution in [1.29, 1.82) is 0 Å². The van der Waals surface area contributed by atoms with Crippen LogP contribution >= 0.6 is 0 Å². The number of nitrogens with zero attached hydrogens (tertiary/aromatic N) is 2. The molecule has 1 aromatic heterocycles. The summed E-state index contributed by atoms with van der Waals surface area (Å²) in [6.07, 6.45) is 3.26. The molecular formula is C12H19N3O. The number of aromatic nitrogens is 1. The van der Waals surface area contributed by atoms with Crippen LogP contribution in [-0.2, 0) is 0 Å². The monoisotopic (exact) mass is 221 g/mol. The van der Waals surface area contributed by atoms with Gasteiger partial charge in [0.05, 0.1) is 6.10 Å². The molecule has 88 valence electrons.